The topological polar surface area (TPSA) is 38.9 Å². The number of para-hydroxylation sites is 1. The third-order valence-corrected chi connectivity index (χ3v) is 8.74. The van der Waals surface area contributed by atoms with E-state index >= 15 is 0 Å². The maximum Gasteiger partial charge on any atom is 0.144 e. The number of furan rings is 1. The molecule has 0 spiro atoms. The first kappa shape index (κ1) is 25.4. The van der Waals surface area contributed by atoms with Crippen LogP contribution < -0.4 is 0 Å². The molecule has 210 valence electrons. The molecule has 0 fully saturated rings. The minimum atomic E-state index is 0.847. The normalized spacial score (nSPS) is 11.6. The van der Waals surface area contributed by atoms with Crippen LogP contribution in [0.4, 0.5) is 0 Å². The van der Waals surface area contributed by atoms with Crippen molar-refractivity contribution in [2.24, 2.45) is 0 Å². The van der Waals surface area contributed by atoms with E-state index in [1.54, 1.807) is 0 Å². The van der Waals surface area contributed by atoms with Crippen LogP contribution in [-0.4, -0.2) is 9.97 Å². The first-order valence-corrected chi connectivity index (χ1v) is 15.1. The van der Waals surface area contributed by atoms with Gasteiger partial charge in [0.1, 0.15) is 11.2 Å². The lowest BCUT2D eigenvalue weighted by Crippen LogP contribution is -1.91. The van der Waals surface area contributed by atoms with Crippen LogP contribution in [-0.2, 0) is 0 Å². The zero-order valence-electron chi connectivity index (χ0n) is 24.3. The predicted molar refractivity (Wildman–Crippen MR) is 186 cm³/mol. The zero-order chi connectivity index (χ0) is 29.7. The van der Waals surface area contributed by atoms with Gasteiger partial charge in [-0.05, 0) is 69.8 Å². The molecule has 3 aromatic heterocycles. The molecule has 0 aliphatic carbocycles. The molecular weight excluding hydrogens is 548 g/mol. The van der Waals surface area contributed by atoms with Crippen LogP contribution in [0, 0.1) is 0 Å². The highest BCUT2D eigenvalue weighted by Gasteiger charge is 2.17. The van der Waals surface area contributed by atoms with Crippen LogP contribution in [0.5, 0.6) is 0 Å². The van der Waals surface area contributed by atoms with Gasteiger partial charge in [0, 0.05) is 38.7 Å². The summed E-state index contributed by atoms with van der Waals surface area (Å²) in [6, 6.07) is 51.4. The minimum absolute atomic E-state index is 0.847. The highest BCUT2D eigenvalue weighted by Crippen LogP contribution is 2.41. The molecule has 0 N–H and O–H groups in total. The Labute approximate surface area is 260 Å². The van der Waals surface area contributed by atoms with Gasteiger partial charge in [-0.2, -0.15) is 0 Å². The molecule has 45 heavy (non-hydrogen) atoms. The number of rotatable bonds is 4. The van der Waals surface area contributed by atoms with E-state index in [0.717, 1.165) is 60.4 Å². The summed E-state index contributed by atoms with van der Waals surface area (Å²) in [7, 11) is 0. The van der Waals surface area contributed by atoms with Gasteiger partial charge in [0.15, 0.2) is 0 Å². The van der Waals surface area contributed by atoms with E-state index in [0.29, 0.717) is 0 Å². The number of nitrogens with zero attached hydrogens (tertiary/aromatic N) is 2. The van der Waals surface area contributed by atoms with Gasteiger partial charge in [-0.3, -0.25) is 4.98 Å². The molecule has 6 aromatic carbocycles. The van der Waals surface area contributed by atoms with Crippen molar-refractivity contribution in [1.29, 1.82) is 0 Å². The van der Waals surface area contributed by atoms with Gasteiger partial charge < -0.3 is 4.42 Å². The fraction of sp³-hybridized carbons (Fsp3) is 0. The van der Waals surface area contributed by atoms with E-state index in [9.17, 15) is 0 Å². The Morgan fingerprint density at radius 1 is 0.422 bits per heavy atom. The Morgan fingerprint density at radius 3 is 1.69 bits per heavy atom. The van der Waals surface area contributed by atoms with Crippen molar-refractivity contribution in [3.05, 3.63) is 158 Å². The van der Waals surface area contributed by atoms with Gasteiger partial charge in [0.25, 0.3) is 0 Å². The molecule has 9 aromatic rings. The molecule has 0 unspecified atom stereocenters. The van der Waals surface area contributed by atoms with E-state index in [4.69, 9.17) is 9.40 Å². The molecule has 3 heteroatoms. The van der Waals surface area contributed by atoms with Crippen LogP contribution >= 0.6 is 0 Å². The maximum absolute atomic E-state index is 6.49. The van der Waals surface area contributed by atoms with E-state index in [1.165, 1.54) is 27.8 Å². The van der Waals surface area contributed by atoms with Crippen LogP contribution in [0.1, 0.15) is 0 Å². The SMILES string of the molecule is c1ccc(-c2cc(-c3ccccc3)cc(-c3ccc(-c4nc5cnccc5c5c4ccc4c6ccccc6oc45)cc3)c2)cc1. The van der Waals surface area contributed by atoms with Crippen LogP contribution in [0.2, 0.25) is 0 Å². The van der Waals surface area contributed by atoms with Crippen molar-refractivity contribution in [2.75, 3.05) is 0 Å². The number of pyridine rings is 2. The molecule has 0 atom stereocenters. The van der Waals surface area contributed by atoms with Gasteiger partial charge in [-0.1, -0.05) is 109 Å². The van der Waals surface area contributed by atoms with Gasteiger partial charge >= 0.3 is 0 Å². The third kappa shape index (κ3) is 4.29. The first-order chi connectivity index (χ1) is 22.3. The number of aromatic nitrogens is 2. The first-order valence-electron chi connectivity index (χ1n) is 15.1. The number of hydrogen-bond acceptors (Lipinski definition) is 3. The summed E-state index contributed by atoms with van der Waals surface area (Å²) < 4.78 is 6.49. The van der Waals surface area contributed by atoms with E-state index in [-0.39, 0.29) is 0 Å². The average Bonchev–Trinajstić information content (AvgIpc) is 3.51. The van der Waals surface area contributed by atoms with Crippen LogP contribution in [0.15, 0.2) is 162 Å². The van der Waals surface area contributed by atoms with Crippen LogP contribution in [0.3, 0.4) is 0 Å². The van der Waals surface area contributed by atoms with Crippen molar-refractivity contribution < 1.29 is 4.42 Å². The molecule has 0 saturated heterocycles. The summed E-state index contributed by atoms with van der Waals surface area (Å²) >= 11 is 0. The number of benzene rings is 6. The third-order valence-electron chi connectivity index (χ3n) is 8.74. The molecule has 3 nitrogen and oxygen atoms in total. The Bertz CT molecular complexity index is 2460. The molecule has 0 radical (unpaired) electrons. The molecule has 0 aliphatic heterocycles. The number of fused-ring (bicyclic) bond motifs is 7. The van der Waals surface area contributed by atoms with Crippen molar-refractivity contribution in [3.8, 4) is 44.6 Å². The Hall–Kier alpha value is -6.06. The predicted octanol–water partition coefficient (Wildman–Crippen LogP) is 11.4. The highest BCUT2D eigenvalue weighted by atomic mass is 16.3. The lowest BCUT2D eigenvalue weighted by Gasteiger charge is -2.13. The molecule has 0 saturated carbocycles. The Balaban J connectivity index is 1.21. The van der Waals surface area contributed by atoms with Crippen molar-refractivity contribution in [2.45, 2.75) is 0 Å². The van der Waals surface area contributed by atoms with Gasteiger partial charge in [-0.25, -0.2) is 4.98 Å². The quantitative estimate of drug-likeness (QED) is 0.196. The molecule has 0 bridgehead atoms. The fourth-order valence-electron chi connectivity index (χ4n) is 6.55. The second-order valence-electron chi connectivity index (χ2n) is 11.4. The smallest absolute Gasteiger partial charge is 0.144 e. The summed E-state index contributed by atoms with van der Waals surface area (Å²) in [5.41, 5.74) is 11.7. The lowest BCUT2D eigenvalue weighted by atomic mass is 9.92. The second kappa shape index (κ2) is 10.3. The summed E-state index contributed by atoms with van der Waals surface area (Å²) in [5, 5.41) is 5.39. The van der Waals surface area contributed by atoms with Gasteiger partial charge in [0.2, 0.25) is 0 Å². The van der Waals surface area contributed by atoms with Gasteiger partial charge in [0.05, 0.1) is 17.4 Å². The average molecular weight is 575 g/mol. The Morgan fingerprint density at radius 2 is 1.00 bits per heavy atom. The summed E-state index contributed by atoms with van der Waals surface area (Å²) in [6.45, 7) is 0. The van der Waals surface area contributed by atoms with E-state index in [1.807, 2.05) is 30.6 Å². The van der Waals surface area contributed by atoms with E-state index in [2.05, 4.69) is 132 Å². The van der Waals surface area contributed by atoms with Crippen LogP contribution in [0.25, 0.3) is 88.3 Å². The summed E-state index contributed by atoms with van der Waals surface area (Å²) in [6.07, 6.45) is 3.67. The van der Waals surface area contributed by atoms with Crippen molar-refractivity contribution in [1.82, 2.24) is 9.97 Å². The largest absolute Gasteiger partial charge is 0.455 e. The monoisotopic (exact) mass is 574 g/mol. The summed E-state index contributed by atoms with van der Waals surface area (Å²) in [5.74, 6) is 0. The highest BCUT2D eigenvalue weighted by molar-refractivity contribution is 6.24. The molecule has 9 rings (SSSR count). The lowest BCUT2D eigenvalue weighted by molar-refractivity contribution is 0.673. The van der Waals surface area contributed by atoms with Crippen molar-refractivity contribution in [3.63, 3.8) is 0 Å². The Kier molecular flexibility index (Phi) is 5.82. The molecular formula is C42H26N2O. The second-order valence-corrected chi connectivity index (χ2v) is 11.4. The zero-order valence-corrected chi connectivity index (χ0v) is 24.3. The molecule has 3 heterocycles. The maximum atomic E-state index is 6.49. The van der Waals surface area contributed by atoms with E-state index < -0.39 is 0 Å². The van der Waals surface area contributed by atoms with Crippen molar-refractivity contribution >= 4 is 43.6 Å². The minimum Gasteiger partial charge on any atom is -0.455 e. The number of hydrogen-bond donors (Lipinski definition) is 0. The molecule has 0 aliphatic rings. The van der Waals surface area contributed by atoms with Gasteiger partial charge in [-0.15, -0.1) is 0 Å². The standard InChI is InChI=1S/C42H26N2O/c1-3-9-27(10-4-1)31-23-32(28-11-5-2-6-12-28)25-33(24-31)29-15-17-30(18-16-29)41-37-20-19-35-34-13-7-8-14-39(34)45-42(35)40(37)36-21-22-43-26-38(36)44-41/h1-26H. The molecule has 0 amide bonds. The summed E-state index contributed by atoms with van der Waals surface area (Å²) in [4.78, 5) is 9.54. The fourth-order valence-corrected chi connectivity index (χ4v) is 6.55.